The Morgan fingerprint density at radius 2 is 2.08 bits per heavy atom. The van der Waals surface area contributed by atoms with E-state index >= 15 is 0 Å². The van der Waals surface area contributed by atoms with Crippen molar-refractivity contribution in [1.82, 2.24) is 4.90 Å². The maximum Gasteiger partial charge on any atom is 0.173 e. The number of likely N-dealkylation sites (N-methyl/N-ethyl adjacent to an activating group) is 2. The molecule has 4 nitrogen and oxygen atoms in total. The molecule has 0 unspecified atom stereocenters. The normalized spacial score (nSPS) is 16.0. The lowest BCUT2D eigenvalue weighted by molar-refractivity contribution is 0.169. The third-order valence-electron chi connectivity index (χ3n) is 4.40. The number of ether oxygens (including phenoxy) is 1. The molecule has 1 heterocycles. The number of nitrogens with one attached hydrogen (secondary N) is 1. The number of fused-ring (bicyclic) bond motifs is 1. The molecule has 0 amide bonds. The van der Waals surface area contributed by atoms with E-state index in [9.17, 15) is 0 Å². The van der Waals surface area contributed by atoms with E-state index in [1.165, 1.54) is 11.3 Å². The lowest BCUT2D eigenvalue weighted by Gasteiger charge is -2.37. The lowest BCUT2D eigenvalue weighted by Crippen LogP contribution is -2.47. The average Bonchev–Trinajstić information content (AvgIpc) is 2.61. The smallest absolute Gasteiger partial charge is 0.173 e. The molecule has 0 bridgehead atoms. The van der Waals surface area contributed by atoms with Crippen molar-refractivity contribution in [3.8, 4) is 5.75 Å². The van der Waals surface area contributed by atoms with E-state index < -0.39 is 0 Å². The summed E-state index contributed by atoms with van der Waals surface area (Å²) < 4.78 is 6.18. The summed E-state index contributed by atoms with van der Waals surface area (Å²) in [6.45, 7) is 6.82. The monoisotopic (exact) mass is 355 g/mol. The first kappa shape index (κ1) is 17.5. The van der Waals surface area contributed by atoms with Gasteiger partial charge < -0.3 is 19.9 Å². The van der Waals surface area contributed by atoms with Crippen LogP contribution in [0.25, 0.3) is 0 Å². The predicted octanol–water partition coefficient (Wildman–Crippen LogP) is 3.91. The number of hydrogen-bond acceptors (Lipinski definition) is 3. The number of hydrogen-bond donors (Lipinski definition) is 1. The fraction of sp³-hybridized carbons (Fsp3) is 0.350. The molecule has 0 saturated heterocycles. The van der Waals surface area contributed by atoms with Crippen molar-refractivity contribution >= 4 is 28.7 Å². The Morgan fingerprint density at radius 1 is 1.28 bits per heavy atom. The summed E-state index contributed by atoms with van der Waals surface area (Å²) in [4.78, 5) is 4.40. The van der Waals surface area contributed by atoms with Crippen LogP contribution in [0.15, 0.2) is 48.5 Å². The molecule has 0 saturated carbocycles. The second-order valence-electron chi connectivity index (χ2n) is 6.43. The molecule has 0 aliphatic carbocycles. The number of thiocarbonyl (C=S) groups is 1. The second-order valence-corrected chi connectivity index (χ2v) is 6.81. The van der Waals surface area contributed by atoms with Crippen LogP contribution in [0, 0.1) is 6.92 Å². The number of aryl methyl sites for hydroxylation is 1. The van der Waals surface area contributed by atoms with E-state index in [0.717, 1.165) is 31.1 Å². The molecule has 3 rings (SSSR count). The summed E-state index contributed by atoms with van der Waals surface area (Å²) in [6, 6.07) is 16.4. The summed E-state index contributed by atoms with van der Waals surface area (Å²) >= 11 is 5.55. The maximum absolute atomic E-state index is 6.18. The Kier molecular flexibility index (Phi) is 5.43. The molecule has 1 aliphatic rings. The standard InChI is InChI=1S/C20H25N3OS/c1-4-23-14-17(24-19-11-6-5-10-18(19)23)13-22(3)20(25)21-16-9-7-8-15(2)12-16/h5-12,17H,4,13-14H2,1-3H3,(H,21,25)/t17-/m0/s1. The van der Waals surface area contributed by atoms with E-state index in [4.69, 9.17) is 17.0 Å². The first-order valence-corrected chi connectivity index (χ1v) is 9.07. The fourth-order valence-electron chi connectivity index (χ4n) is 3.10. The van der Waals surface area contributed by atoms with Crippen molar-refractivity contribution in [2.45, 2.75) is 20.0 Å². The van der Waals surface area contributed by atoms with Crippen molar-refractivity contribution in [3.05, 3.63) is 54.1 Å². The minimum absolute atomic E-state index is 0.0807. The van der Waals surface area contributed by atoms with Gasteiger partial charge in [0.15, 0.2) is 5.11 Å². The molecule has 0 aromatic heterocycles. The van der Waals surface area contributed by atoms with E-state index in [2.05, 4.69) is 48.3 Å². The highest BCUT2D eigenvalue weighted by atomic mass is 32.1. The zero-order valence-corrected chi connectivity index (χ0v) is 15.8. The SMILES string of the molecule is CCN1C[C@H](CN(C)C(=S)Nc2cccc(C)c2)Oc2ccccc21. The second kappa shape index (κ2) is 7.74. The van der Waals surface area contributed by atoms with Crippen molar-refractivity contribution in [1.29, 1.82) is 0 Å². The zero-order valence-electron chi connectivity index (χ0n) is 15.0. The minimum atomic E-state index is 0.0807. The molecule has 2 aromatic rings. The predicted molar refractivity (Wildman–Crippen MR) is 109 cm³/mol. The third-order valence-corrected chi connectivity index (χ3v) is 4.81. The topological polar surface area (TPSA) is 27.7 Å². The van der Waals surface area contributed by atoms with E-state index in [1.54, 1.807) is 0 Å². The van der Waals surface area contributed by atoms with Crippen molar-refractivity contribution in [2.75, 3.05) is 36.9 Å². The van der Waals surface area contributed by atoms with Crippen LogP contribution in [0.3, 0.4) is 0 Å². The van der Waals surface area contributed by atoms with E-state index in [-0.39, 0.29) is 6.10 Å². The molecule has 1 atom stereocenters. The Balaban J connectivity index is 1.63. The molecule has 1 aliphatic heterocycles. The Morgan fingerprint density at radius 3 is 2.84 bits per heavy atom. The molecule has 2 aromatic carbocycles. The highest BCUT2D eigenvalue weighted by Crippen LogP contribution is 2.32. The van der Waals surface area contributed by atoms with Gasteiger partial charge in [0.25, 0.3) is 0 Å². The largest absolute Gasteiger partial charge is 0.485 e. The van der Waals surface area contributed by atoms with Crippen LogP contribution in [0.1, 0.15) is 12.5 Å². The summed E-state index contributed by atoms with van der Waals surface area (Å²) in [5.74, 6) is 0.951. The van der Waals surface area contributed by atoms with Crippen LogP contribution in [-0.2, 0) is 0 Å². The summed E-state index contributed by atoms with van der Waals surface area (Å²) in [6.07, 6.45) is 0.0807. The lowest BCUT2D eigenvalue weighted by atomic mass is 10.2. The van der Waals surface area contributed by atoms with Gasteiger partial charge in [0.05, 0.1) is 18.8 Å². The number of anilines is 2. The molecular formula is C20H25N3OS. The van der Waals surface area contributed by atoms with E-state index in [1.807, 2.05) is 36.2 Å². The van der Waals surface area contributed by atoms with Crippen LogP contribution in [-0.4, -0.2) is 42.8 Å². The van der Waals surface area contributed by atoms with Crippen LogP contribution in [0.5, 0.6) is 5.75 Å². The number of nitrogens with zero attached hydrogens (tertiary/aromatic N) is 2. The number of rotatable bonds is 4. The molecule has 0 radical (unpaired) electrons. The van der Waals surface area contributed by atoms with Gasteiger partial charge in [-0.15, -0.1) is 0 Å². The van der Waals surface area contributed by atoms with Crippen molar-refractivity contribution in [2.24, 2.45) is 0 Å². The molecular weight excluding hydrogens is 330 g/mol. The summed E-state index contributed by atoms with van der Waals surface area (Å²) in [5, 5.41) is 4.01. The van der Waals surface area contributed by atoms with E-state index in [0.29, 0.717) is 5.11 Å². The summed E-state index contributed by atoms with van der Waals surface area (Å²) in [5.41, 5.74) is 3.40. The Labute approximate surface area is 155 Å². The maximum atomic E-state index is 6.18. The molecule has 5 heteroatoms. The third kappa shape index (κ3) is 4.23. The molecule has 25 heavy (non-hydrogen) atoms. The number of benzene rings is 2. The molecule has 132 valence electrons. The van der Waals surface area contributed by atoms with Crippen molar-refractivity contribution in [3.63, 3.8) is 0 Å². The number of para-hydroxylation sites is 2. The van der Waals surface area contributed by atoms with Crippen LogP contribution < -0.4 is 15.0 Å². The summed E-state index contributed by atoms with van der Waals surface area (Å²) in [7, 11) is 2.01. The van der Waals surface area contributed by atoms with Gasteiger partial charge in [-0.25, -0.2) is 0 Å². The zero-order chi connectivity index (χ0) is 17.8. The molecule has 0 spiro atoms. The molecule has 0 fully saturated rings. The van der Waals surface area contributed by atoms with Gasteiger partial charge in [-0.3, -0.25) is 0 Å². The van der Waals surface area contributed by atoms with Gasteiger partial charge in [0.2, 0.25) is 0 Å². The quantitative estimate of drug-likeness (QED) is 0.840. The van der Waals surface area contributed by atoms with Crippen LogP contribution in [0.4, 0.5) is 11.4 Å². The van der Waals surface area contributed by atoms with Gasteiger partial charge in [0, 0.05) is 19.3 Å². The van der Waals surface area contributed by atoms with Crippen LogP contribution >= 0.6 is 12.2 Å². The highest BCUT2D eigenvalue weighted by Gasteiger charge is 2.26. The van der Waals surface area contributed by atoms with Crippen molar-refractivity contribution < 1.29 is 4.74 Å². The van der Waals surface area contributed by atoms with Gasteiger partial charge in [-0.1, -0.05) is 24.3 Å². The van der Waals surface area contributed by atoms with Gasteiger partial charge in [-0.05, 0) is 55.9 Å². The molecule has 1 N–H and O–H groups in total. The fourth-order valence-corrected chi connectivity index (χ4v) is 3.30. The van der Waals surface area contributed by atoms with Gasteiger partial charge in [-0.2, -0.15) is 0 Å². The Hall–Kier alpha value is -2.27. The van der Waals surface area contributed by atoms with Crippen LogP contribution in [0.2, 0.25) is 0 Å². The average molecular weight is 356 g/mol. The highest BCUT2D eigenvalue weighted by molar-refractivity contribution is 7.80. The first-order chi connectivity index (χ1) is 12.1. The Bertz CT molecular complexity index is 749. The minimum Gasteiger partial charge on any atom is -0.485 e. The first-order valence-electron chi connectivity index (χ1n) is 8.66. The van der Waals surface area contributed by atoms with Gasteiger partial charge in [0.1, 0.15) is 11.9 Å². The van der Waals surface area contributed by atoms with Gasteiger partial charge >= 0.3 is 0 Å².